The molecule has 1 aliphatic carbocycles. The van der Waals surface area contributed by atoms with E-state index < -0.39 is 30.2 Å². The molecule has 6 rings (SSSR count). The van der Waals surface area contributed by atoms with Crippen LogP contribution in [0.25, 0.3) is 11.3 Å². The number of amides is 4. The fourth-order valence-corrected chi connectivity index (χ4v) is 5.69. The first-order valence-corrected chi connectivity index (χ1v) is 13.6. The molecule has 4 aliphatic rings. The number of ketones is 1. The number of hydrogen-bond acceptors (Lipinski definition) is 9. The Bertz CT molecular complexity index is 1380. The Morgan fingerprint density at radius 1 is 1.12 bits per heavy atom. The zero-order valence-electron chi connectivity index (χ0n) is 22.7. The summed E-state index contributed by atoms with van der Waals surface area (Å²) in [6, 6.07) is 7.09. The molecule has 2 aromatic heterocycles. The molecule has 3 aliphatic heterocycles. The molecule has 3 fully saturated rings. The number of imide groups is 1. The summed E-state index contributed by atoms with van der Waals surface area (Å²) in [6.07, 6.45) is 4.00. The number of piperidine rings is 1. The van der Waals surface area contributed by atoms with Gasteiger partial charge in [-0.05, 0) is 49.4 Å². The molecule has 208 valence electrons. The molecule has 1 saturated carbocycles. The maximum absolute atomic E-state index is 13.3. The van der Waals surface area contributed by atoms with Gasteiger partial charge < -0.3 is 20.0 Å². The number of carbonyl (C=O) groups is 4. The average Bonchev–Trinajstić information content (AvgIpc) is 3.35. The Hall–Kier alpha value is -4.35. The molecule has 5 heterocycles. The number of likely N-dealkylation sites (N-methyl/N-ethyl adjacent to an activating group) is 1. The molecule has 0 radical (unpaired) electrons. The van der Waals surface area contributed by atoms with E-state index in [1.807, 2.05) is 24.3 Å². The van der Waals surface area contributed by atoms with Crippen molar-refractivity contribution in [2.75, 3.05) is 36.9 Å². The van der Waals surface area contributed by atoms with Crippen LogP contribution in [0.2, 0.25) is 0 Å². The summed E-state index contributed by atoms with van der Waals surface area (Å²) in [5, 5.41) is 2.84. The van der Waals surface area contributed by atoms with E-state index >= 15 is 0 Å². The molecule has 0 bridgehead atoms. The Labute approximate surface area is 232 Å². The lowest BCUT2D eigenvalue weighted by atomic mass is 10.1. The zero-order chi connectivity index (χ0) is 28.1. The number of nitrogens with one attached hydrogen (secondary N) is 1. The summed E-state index contributed by atoms with van der Waals surface area (Å²) in [6.45, 7) is 5.18. The van der Waals surface area contributed by atoms with Crippen molar-refractivity contribution < 1.29 is 19.2 Å². The van der Waals surface area contributed by atoms with Gasteiger partial charge in [0, 0.05) is 38.3 Å². The van der Waals surface area contributed by atoms with Crippen LogP contribution in [-0.4, -0.2) is 99.6 Å². The van der Waals surface area contributed by atoms with E-state index in [-0.39, 0.29) is 24.7 Å². The number of aliphatic imine (C=N–C) groups is 1. The molecule has 12 heteroatoms. The van der Waals surface area contributed by atoms with E-state index in [0.717, 1.165) is 41.2 Å². The monoisotopic (exact) mass is 544 g/mol. The fraction of sp³-hybridized carbons (Fsp3) is 0.464. The number of anilines is 2. The quantitative estimate of drug-likeness (QED) is 0.533. The summed E-state index contributed by atoms with van der Waals surface area (Å²) in [4.78, 5) is 71.0. The fourth-order valence-electron chi connectivity index (χ4n) is 5.69. The van der Waals surface area contributed by atoms with E-state index in [4.69, 9.17) is 0 Å². The second-order valence-electron chi connectivity index (χ2n) is 10.9. The van der Waals surface area contributed by atoms with Crippen molar-refractivity contribution >= 4 is 41.6 Å². The van der Waals surface area contributed by atoms with Crippen LogP contribution in [0, 0.1) is 11.8 Å². The molecule has 1 N–H and O–H groups in total. The summed E-state index contributed by atoms with van der Waals surface area (Å²) < 4.78 is 0. The lowest BCUT2D eigenvalue weighted by Gasteiger charge is -2.42. The Balaban J connectivity index is 1.13. The van der Waals surface area contributed by atoms with Gasteiger partial charge in [-0.2, -0.15) is 0 Å². The van der Waals surface area contributed by atoms with Crippen LogP contribution in [-0.2, 0) is 14.4 Å². The van der Waals surface area contributed by atoms with Gasteiger partial charge in [-0.15, -0.1) is 0 Å². The third-order valence-corrected chi connectivity index (χ3v) is 8.31. The Morgan fingerprint density at radius 3 is 2.60 bits per heavy atom. The van der Waals surface area contributed by atoms with Crippen molar-refractivity contribution in [3.8, 4) is 11.3 Å². The SMILES string of the molecule is CCC(=O)CN1C(=O)C2C(N=CN2[C@@H](C)C(=O)Nc2cccc(-c3ccc(N4CC5CC5C4)nc3)n2)N(C)C1=O. The van der Waals surface area contributed by atoms with Gasteiger partial charge in [0.2, 0.25) is 5.91 Å². The number of fused-ring (bicyclic) bond motifs is 2. The molecule has 4 unspecified atom stereocenters. The van der Waals surface area contributed by atoms with Gasteiger partial charge in [0.1, 0.15) is 17.7 Å². The first-order chi connectivity index (χ1) is 19.2. The number of Topliss-reactive ketones (excluding diaryl/α,β-unsaturated/α-hetero) is 1. The molecule has 5 atom stereocenters. The largest absolute Gasteiger partial charge is 0.356 e. The normalized spacial score (nSPS) is 25.7. The highest BCUT2D eigenvalue weighted by atomic mass is 16.2. The van der Waals surface area contributed by atoms with Gasteiger partial charge >= 0.3 is 6.03 Å². The van der Waals surface area contributed by atoms with Gasteiger partial charge in [0.25, 0.3) is 5.91 Å². The lowest BCUT2D eigenvalue weighted by molar-refractivity contribution is -0.141. The predicted molar refractivity (Wildman–Crippen MR) is 147 cm³/mol. The third kappa shape index (κ3) is 4.56. The number of pyridine rings is 2. The van der Waals surface area contributed by atoms with Crippen molar-refractivity contribution in [2.24, 2.45) is 16.8 Å². The summed E-state index contributed by atoms with van der Waals surface area (Å²) in [7, 11) is 1.53. The van der Waals surface area contributed by atoms with Gasteiger partial charge in [-0.25, -0.2) is 19.8 Å². The first-order valence-electron chi connectivity index (χ1n) is 13.6. The predicted octanol–water partition coefficient (Wildman–Crippen LogP) is 1.84. The molecular weight excluding hydrogens is 512 g/mol. The second-order valence-corrected chi connectivity index (χ2v) is 10.9. The standard InChI is InChI=1S/C28H32N8O4/c1-4-20(37)14-35-27(39)24-25(33(3)28(35)40)30-15-36(24)16(2)26(38)32-22-7-5-6-21(31-22)17-8-9-23(29-11-17)34-12-18-10-19(18)13-34/h5-9,11,15-16,18-19,24-25H,4,10,12-14H2,1-3H3,(H,31,32,38)/t16-,18?,19?,24?,25?/m0/s1. The number of nitrogens with zero attached hydrogens (tertiary/aromatic N) is 7. The average molecular weight is 545 g/mol. The summed E-state index contributed by atoms with van der Waals surface area (Å²) >= 11 is 0. The van der Waals surface area contributed by atoms with Gasteiger partial charge in [-0.1, -0.05) is 13.0 Å². The van der Waals surface area contributed by atoms with Crippen LogP contribution in [0.5, 0.6) is 0 Å². The maximum atomic E-state index is 13.3. The summed E-state index contributed by atoms with van der Waals surface area (Å²) in [5.41, 5.74) is 1.52. The van der Waals surface area contributed by atoms with E-state index in [9.17, 15) is 19.2 Å². The second kappa shape index (κ2) is 10.00. The van der Waals surface area contributed by atoms with E-state index in [0.29, 0.717) is 11.5 Å². The van der Waals surface area contributed by atoms with Crippen LogP contribution >= 0.6 is 0 Å². The third-order valence-electron chi connectivity index (χ3n) is 8.31. The summed E-state index contributed by atoms with van der Waals surface area (Å²) in [5.74, 6) is 1.83. The van der Waals surface area contributed by atoms with Crippen LogP contribution < -0.4 is 10.2 Å². The molecule has 0 aromatic carbocycles. The zero-order valence-corrected chi connectivity index (χ0v) is 22.7. The van der Waals surface area contributed by atoms with Crippen LogP contribution in [0.15, 0.2) is 41.5 Å². The first kappa shape index (κ1) is 25.9. The highest BCUT2D eigenvalue weighted by Gasteiger charge is 2.51. The maximum Gasteiger partial charge on any atom is 0.328 e. The Kier molecular flexibility index (Phi) is 6.47. The molecule has 2 aromatic rings. The minimum atomic E-state index is -0.904. The van der Waals surface area contributed by atoms with E-state index in [2.05, 4.69) is 25.2 Å². The molecule has 40 heavy (non-hydrogen) atoms. The van der Waals surface area contributed by atoms with Crippen molar-refractivity contribution in [1.82, 2.24) is 24.7 Å². The van der Waals surface area contributed by atoms with E-state index in [1.54, 1.807) is 26.1 Å². The molecule has 4 amide bonds. The molecule has 2 saturated heterocycles. The number of aromatic nitrogens is 2. The van der Waals surface area contributed by atoms with Gasteiger partial charge in [0.15, 0.2) is 18.0 Å². The van der Waals surface area contributed by atoms with Crippen molar-refractivity contribution in [1.29, 1.82) is 0 Å². The van der Waals surface area contributed by atoms with Crippen LogP contribution in [0.4, 0.5) is 16.4 Å². The smallest absolute Gasteiger partial charge is 0.328 e. The molecule has 12 nitrogen and oxygen atoms in total. The molecular formula is C28H32N8O4. The van der Waals surface area contributed by atoms with Crippen molar-refractivity contribution in [2.45, 2.75) is 44.9 Å². The van der Waals surface area contributed by atoms with Gasteiger partial charge in [0.05, 0.1) is 18.6 Å². The van der Waals surface area contributed by atoms with Crippen molar-refractivity contribution in [3.05, 3.63) is 36.5 Å². The lowest BCUT2D eigenvalue weighted by Crippen LogP contribution is -2.66. The van der Waals surface area contributed by atoms with Crippen molar-refractivity contribution in [3.63, 3.8) is 0 Å². The van der Waals surface area contributed by atoms with Crippen LogP contribution in [0.3, 0.4) is 0 Å². The van der Waals surface area contributed by atoms with E-state index in [1.165, 1.54) is 29.6 Å². The van der Waals surface area contributed by atoms with Crippen LogP contribution in [0.1, 0.15) is 26.7 Å². The highest BCUT2D eigenvalue weighted by molar-refractivity contribution is 6.05. The molecule has 0 spiro atoms. The number of carbonyl (C=O) groups excluding carboxylic acids is 4. The Morgan fingerprint density at radius 2 is 1.90 bits per heavy atom. The number of urea groups is 1. The number of hydrogen-bond donors (Lipinski definition) is 1. The minimum Gasteiger partial charge on any atom is -0.356 e. The van der Waals surface area contributed by atoms with Gasteiger partial charge in [-0.3, -0.25) is 19.3 Å². The highest BCUT2D eigenvalue weighted by Crippen LogP contribution is 2.46. The number of rotatable bonds is 8. The minimum absolute atomic E-state index is 0.208. The topological polar surface area (TPSA) is 131 Å².